The van der Waals surface area contributed by atoms with Crippen molar-refractivity contribution in [3.8, 4) is 5.75 Å². The quantitative estimate of drug-likeness (QED) is 0.889. The van der Waals surface area contributed by atoms with Crippen LogP contribution >= 0.6 is 11.3 Å². The molecule has 5 nitrogen and oxygen atoms in total. The van der Waals surface area contributed by atoms with E-state index in [1.165, 1.54) is 16.9 Å². The van der Waals surface area contributed by atoms with E-state index in [9.17, 15) is 4.79 Å². The van der Waals surface area contributed by atoms with Gasteiger partial charge >= 0.3 is 0 Å². The van der Waals surface area contributed by atoms with E-state index in [1.807, 2.05) is 56.4 Å². The molecule has 2 aromatic rings. The largest absolute Gasteiger partial charge is 0.483 e. The average Bonchev–Trinajstić information content (AvgIpc) is 2.84. The smallest absolute Gasteiger partial charge is 0.264 e. The highest BCUT2D eigenvalue weighted by Crippen LogP contribution is 2.19. The number of aromatic nitrogens is 1. The third-order valence-corrected chi connectivity index (χ3v) is 3.77. The molecule has 0 aliphatic carbocycles. The van der Waals surface area contributed by atoms with Gasteiger partial charge < -0.3 is 9.64 Å². The first-order valence-corrected chi connectivity index (χ1v) is 7.91. The Kier molecular flexibility index (Phi) is 5.51. The van der Waals surface area contributed by atoms with Gasteiger partial charge in [-0.3, -0.25) is 10.1 Å². The number of nitrogens with zero attached hydrogens (tertiary/aromatic N) is 2. The topological polar surface area (TPSA) is 54.5 Å². The number of hydrogen-bond acceptors (Lipinski definition) is 5. The molecule has 0 aliphatic heterocycles. The lowest BCUT2D eigenvalue weighted by Crippen LogP contribution is -2.20. The predicted molar refractivity (Wildman–Crippen MR) is 89.5 cm³/mol. The van der Waals surface area contributed by atoms with E-state index in [1.54, 1.807) is 0 Å². The van der Waals surface area contributed by atoms with E-state index in [0.29, 0.717) is 5.13 Å². The number of carbonyl (C=O) groups is 1. The number of rotatable bonds is 6. The van der Waals surface area contributed by atoms with Crippen molar-refractivity contribution in [3.05, 3.63) is 40.4 Å². The molecule has 118 valence electrons. The molecule has 0 saturated heterocycles. The summed E-state index contributed by atoms with van der Waals surface area (Å²) >= 11 is 1.42. The maximum Gasteiger partial charge on any atom is 0.264 e. The standard InChI is InChI=1S/C16H21N3O2S/c1-11-5-6-14(12(2)7-11)21-9-15(20)18-16-17-13(10-22-16)8-19(3)4/h5-7,10H,8-9H2,1-4H3,(H,17,18,20). The molecule has 1 N–H and O–H groups in total. The Labute approximate surface area is 134 Å². The first-order valence-electron chi connectivity index (χ1n) is 7.03. The fraction of sp³-hybridized carbons (Fsp3) is 0.375. The zero-order chi connectivity index (χ0) is 16.1. The van der Waals surface area contributed by atoms with Crippen molar-refractivity contribution in [2.45, 2.75) is 20.4 Å². The van der Waals surface area contributed by atoms with Crippen molar-refractivity contribution in [2.24, 2.45) is 0 Å². The minimum absolute atomic E-state index is 0.0213. The van der Waals surface area contributed by atoms with Crippen molar-refractivity contribution in [1.82, 2.24) is 9.88 Å². The highest BCUT2D eigenvalue weighted by Gasteiger charge is 2.09. The summed E-state index contributed by atoms with van der Waals surface area (Å²) in [6, 6.07) is 5.88. The Hall–Kier alpha value is -1.92. The fourth-order valence-electron chi connectivity index (χ4n) is 2.02. The molecule has 0 saturated carbocycles. The number of amides is 1. The van der Waals surface area contributed by atoms with Gasteiger partial charge in [-0.25, -0.2) is 4.98 Å². The summed E-state index contributed by atoms with van der Waals surface area (Å²) in [5.41, 5.74) is 3.14. The molecule has 0 unspecified atom stereocenters. The van der Waals surface area contributed by atoms with Crippen molar-refractivity contribution >= 4 is 22.4 Å². The second-order valence-corrected chi connectivity index (χ2v) is 6.35. The van der Waals surface area contributed by atoms with E-state index in [4.69, 9.17) is 4.74 Å². The Morgan fingerprint density at radius 2 is 2.14 bits per heavy atom. The molecular weight excluding hydrogens is 298 g/mol. The highest BCUT2D eigenvalue weighted by atomic mass is 32.1. The second kappa shape index (κ2) is 7.38. The van der Waals surface area contributed by atoms with Crippen LogP contribution < -0.4 is 10.1 Å². The summed E-state index contributed by atoms with van der Waals surface area (Å²) in [4.78, 5) is 18.3. The number of carbonyl (C=O) groups excluding carboxylic acids is 1. The van der Waals surface area contributed by atoms with Crippen LogP contribution in [0.3, 0.4) is 0 Å². The van der Waals surface area contributed by atoms with Crippen LogP contribution in [-0.2, 0) is 11.3 Å². The normalized spacial score (nSPS) is 10.8. The van der Waals surface area contributed by atoms with Gasteiger partial charge in [-0.2, -0.15) is 0 Å². The molecule has 6 heteroatoms. The van der Waals surface area contributed by atoms with Gasteiger partial charge in [-0.1, -0.05) is 17.7 Å². The number of hydrogen-bond donors (Lipinski definition) is 1. The number of benzene rings is 1. The van der Waals surface area contributed by atoms with Crippen LogP contribution in [-0.4, -0.2) is 36.5 Å². The summed E-state index contributed by atoms with van der Waals surface area (Å²) < 4.78 is 5.55. The van der Waals surface area contributed by atoms with Gasteiger partial charge in [-0.05, 0) is 39.6 Å². The lowest BCUT2D eigenvalue weighted by Gasteiger charge is -2.09. The molecule has 0 atom stereocenters. The average molecular weight is 319 g/mol. The van der Waals surface area contributed by atoms with E-state index >= 15 is 0 Å². The fourth-order valence-corrected chi connectivity index (χ4v) is 2.74. The molecule has 0 radical (unpaired) electrons. The van der Waals surface area contributed by atoms with Gasteiger partial charge in [0.15, 0.2) is 11.7 Å². The molecule has 0 aliphatic rings. The SMILES string of the molecule is Cc1ccc(OCC(=O)Nc2nc(CN(C)C)cs2)c(C)c1. The lowest BCUT2D eigenvalue weighted by molar-refractivity contribution is -0.118. The maximum absolute atomic E-state index is 11.9. The number of aryl methyl sites for hydroxylation is 2. The summed E-state index contributed by atoms with van der Waals surface area (Å²) in [5, 5.41) is 5.31. The minimum atomic E-state index is -0.203. The van der Waals surface area contributed by atoms with Crippen LogP contribution in [0.5, 0.6) is 5.75 Å². The number of thiazole rings is 1. The molecule has 0 bridgehead atoms. The van der Waals surface area contributed by atoms with Crippen molar-refractivity contribution < 1.29 is 9.53 Å². The number of anilines is 1. The Balaban J connectivity index is 1.86. The molecule has 1 aromatic carbocycles. The summed E-state index contributed by atoms with van der Waals surface area (Å²) in [6.45, 7) is 4.73. The Morgan fingerprint density at radius 3 is 2.82 bits per heavy atom. The first-order chi connectivity index (χ1) is 10.4. The van der Waals surface area contributed by atoms with Crippen LogP contribution in [0.4, 0.5) is 5.13 Å². The van der Waals surface area contributed by atoms with E-state index in [-0.39, 0.29) is 12.5 Å². The molecule has 2 rings (SSSR count). The molecule has 1 amide bonds. The number of ether oxygens (including phenoxy) is 1. The predicted octanol–water partition coefficient (Wildman–Crippen LogP) is 2.84. The van der Waals surface area contributed by atoms with E-state index in [0.717, 1.165) is 23.6 Å². The molecule has 0 spiro atoms. The molecular formula is C16H21N3O2S. The van der Waals surface area contributed by atoms with Gasteiger partial charge in [0.25, 0.3) is 5.91 Å². The molecule has 22 heavy (non-hydrogen) atoms. The van der Waals surface area contributed by atoms with E-state index < -0.39 is 0 Å². The molecule has 1 heterocycles. The second-order valence-electron chi connectivity index (χ2n) is 5.49. The van der Waals surface area contributed by atoms with Gasteiger partial charge in [0.05, 0.1) is 5.69 Å². The van der Waals surface area contributed by atoms with Crippen LogP contribution in [0.25, 0.3) is 0 Å². The summed E-state index contributed by atoms with van der Waals surface area (Å²) in [5.74, 6) is 0.527. The minimum Gasteiger partial charge on any atom is -0.483 e. The molecule has 1 aromatic heterocycles. The first kappa shape index (κ1) is 16.5. The zero-order valence-electron chi connectivity index (χ0n) is 13.3. The number of nitrogens with one attached hydrogen (secondary N) is 1. The maximum atomic E-state index is 11.9. The van der Waals surface area contributed by atoms with Crippen molar-refractivity contribution in [1.29, 1.82) is 0 Å². The van der Waals surface area contributed by atoms with Gasteiger partial charge in [0.2, 0.25) is 0 Å². The van der Waals surface area contributed by atoms with Crippen LogP contribution in [0.2, 0.25) is 0 Å². The van der Waals surface area contributed by atoms with Gasteiger partial charge in [0, 0.05) is 11.9 Å². The van der Waals surface area contributed by atoms with Gasteiger partial charge in [0.1, 0.15) is 5.75 Å². The Morgan fingerprint density at radius 1 is 1.36 bits per heavy atom. The third kappa shape index (κ3) is 4.82. The third-order valence-electron chi connectivity index (χ3n) is 2.97. The van der Waals surface area contributed by atoms with Crippen LogP contribution in [0, 0.1) is 13.8 Å². The Bertz CT molecular complexity index is 653. The van der Waals surface area contributed by atoms with Gasteiger partial charge in [-0.15, -0.1) is 11.3 Å². The zero-order valence-corrected chi connectivity index (χ0v) is 14.2. The van der Waals surface area contributed by atoms with Crippen molar-refractivity contribution in [3.63, 3.8) is 0 Å². The molecule has 0 fully saturated rings. The van der Waals surface area contributed by atoms with Crippen LogP contribution in [0.1, 0.15) is 16.8 Å². The highest BCUT2D eigenvalue weighted by molar-refractivity contribution is 7.13. The van der Waals surface area contributed by atoms with Crippen LogP contribution in [0.15, 0.2) is 23.6 Å². The summed E-state index contributed by atoms with van der Waals surface area (Å²) in [6.07, 6.45) is 0. The summed E-state index contributed by atoms with van der Waals surface area (Å²) in [7, 11) is 3.96. The van der Waals surface area contributed by atoms with Crippen molar-refractivity contribution in [2.75, 3.05) is 26.0 Å². The van der Waals surface area contributed by atoms with E-state index in [2.05, 4.69) is 10.3 Å². The monoisotopic (exact) mass is 319 g/mol. The lowest BCUT2D eigenvalue weighted by atomic mass is 10.1.